The molecule has 1 aliphatic heterocycles. The van der Waals surface area contributed by atoms with Gasteiger partial charge < -0.3 is 14.8 Å². The predicted octanol–water partition coefficient (Wildman–Crippen LogP) is 0.964. The lowest BCUT2D eigenvalue weighted by molar-refractivity contribution is -0.133. The van der Waals surface area contributed by atoms with Gasteiger partial charge in [0.05, 0.1) is 6.54 Å². The van der Waals surface area contributed by atoms with Crippen LogP contribution in [0.1, 0.15) is 6.92 Å². The number of fused-ring (bicyclic) bond motifs is 1. The first-order valence-corrected chi connectivity index (χ1v) is 5.36. The quantitative estimate of drug-likeness (QED) is 0.771. The summed E-state index contributed by atoms with van der Waals surface area (Å²) in [6.45, 7) is 1.98. The Morgan fingerprint density at radius 2 is 2.06 bits per heavy atom. The normalized spacial score (nSPS) is 21.4. The summed E-state index contributed by atoms with van der Waals surface area (Å²) in [6.07, 6.45) is 4.07. The molecule has 4 heteroatoms. The zero-order valence-corrected chi connectivity index (χ0v) is 9.47. The van der Waals surface area contributed by atoms with Crippen LogP contribution in [0, 0.1) is 12.3 Å². The highest BCUT2D eigenvalue weighted by molar-refractivity contribution is 5.82. The Morgan fingerprint density at radius 1 is 1.41 bits per heavy atom. The number of terminal acetylenes is 1. The predicted molar refractivity (Wildman–Crippen MR) is 62.8 cm³/mol. The van der Waals surface area contributed by atoms with Crippen molar-refractivity contribution < 1.29 is 14.3 Å². The van der Waals surface area contributed by atoms with Gasteiger partial charge in [-0.1, -0.05) is 18.1 Å². The van der Waals surface area contributed by atoms with Gasteiger partial charge in [-0.2, -0.15) is 0 Å². The van der Waals surface area contributed by atoms with Crippen LogP contribution in [0.2, 0.25) is 0 Å². The number of carbonyl (C=O) groups is 1. The van der Waals surface area contributed by atoms with Crippen molar-refractivity contribution in [1.82, 2.24) is 5.32 Å². The molecule has 1 aromatic carbocycles. The number of benzene rings is 1. The molecule has 17 heavy (non-hydrogen) atoms. The number of carbonyl (C=O) groups excluding carboxylic acids is 1. The smallest absolute Gasteiger partial charge is 0.265 e. The molecule has 1 heterocycles. The summed E-state index contributed by atoms with van der Waals surface area (Å²) in [6, 6.07) is 7.26. The van der Waals surface area contributed by atoms with Crippen molar-refractivity contribution in [2.24, 2.45) is 0 Å². The summed E-state index contributed by atoms with van der Waals surface area (Å²) < 4.78 is 11.2. The van der Waals surface area contributed by atoms with Gasteiger partial charge in [-0.25, -0.2) is 0 Å². The monoisotopic (exact) mass is 231 g/mol. The standard InChI is InChI=1S/C13H13NO3/c1-3-8-14-13(15)12-9(2)16-10-6-4-5-7-11(10)17-12/h1,4-7,9,12H,8H2,2H3,(H,14,15). The second-order valence-corrected chi connectivity index (χ2v) is 3.73. The third-order valence-electron chi connectivity index (χ3n) is 2.47. The Hall–Kier alpha value is -2.15. The zero-order valence-electron chi connectivity index (χ0n) is 9.47. The number of nitrogens with one attached hydrogen (secondary N) is 1. The van der Waals surface area contributed by atoms with Gasteiger partial charge in [0.1, 0.15) is 6.10 Å². The molecule has 0 radical (unpaired) electrons. The van der Waals surface area contributed by atoms with E-state index in [1.165, 1.54) is 0 Å². The molecule has 0 spiro atoms. The maximum atomic E-state index is 11.8. The highest BCUT2D eigenvalue weighted by atomic mass is 16.6. The number of amides is 1. The third-order valence-corrected chi connectivity index (χ3v) is 2.47. The SMILES string of the molecule is C#CCNC(=O)C1Oc2ccccc2OC1C. The summed E-state index contributed by atoms with van der Waals surface area (Å²) in [4.78, 5) is 11.8. The molecule has 0 aromatic heterocycles. The van der Waals surface area contributed by atoms with E-state index in [0.717, 1.165) is 0 Å². The van der Waals surface area contributed by atoms with Crippen molar-refractivity contribution >= 4 is 5.91 Å². The minimum atomic E-state index is -0.668. The summed E-state index contributed by atoms with van der Waals surface area (Å²) in [5, 5.41) is 2.58. The van der Waals surface area contributed by atoms with Crippen LogP contribution in [0.15, 0.2) is 24.3 Å². The van der Waals surface area contributed by atoms with Crippen LogP contribution in [-0.4, -0.2) is 24.7 Å². The van der Waals surface area contributed by atoms with E-state index in [-0.39, 0.29) is 18.6 Å². The van der Waals surface area contributed by atoms with Gasteiger partial charge in [0.15, 0.2) is 11.5 Å². The maximum absolute atomic E-state index is 11.8. The number of rotatable bonds is 2. The molecule has 0 aliphatic carbocycles. The van der Waals surface area contributed by atoms with Crippen molar-refractivity contribution in [3.05, 3.63) is 24.3 Å². The van der Waals surface area contributed by atoms with E-state index in [1.807, 2.05) is 12.1 Å². The second-order valence-electron chi connectivity index (χ2n) is 3.73. The van der Waals surface area contributed by atoms with E-state index in [9.17, 15) is 4.79 Å². The molecule has 1 amide bonds. The second kappa shape index (κ2) is 4.79. The number of ether oxygens (including phenoxy) is 2. The topological polar surface area (TPSA) is 47.6 Å². The summed E-state index contributed by atoms with van der Waals surface area (Å²) in [7, 11) is 0. The van der Waals surface area contributed by atoms with Gasteiger partial charge in [-0.05, 0) is 19.1 Å². The van der Waals surface area contributed by atoms with Crippen LogP contribution < -0.4 is 14.8 Å². The van der Waals surface area contributed by atoms with E-state index >= 15 is 0 Å². The van der Waals surface area contributed by atoms with E-state index < -0.39 is 6.10 Å². The van der Waals surface area contributed by atoms with Gasteiger partial charge in [-0.15, -0.1) is 6.42 Å². The molecule has 4 nitrogen and oxygen atoms in total. The van der Waals surface area contributed by atoms with E-state index in [0.29, 0.717) is 11.5 Å². The molecule has 0 bridgehead atoms. The van der Waals surface area contributed by atoms with Crippen LogP contribution in [0.25, 0.3) is 0 Å². The minimum Gasteiger partial charge on any atom is -0.482 e. The lowest BCUT2D eigenvalue weighted by atomic mass is 10.1. The maximum Gasteiger partial charge on any atom is 0.265 e. The third kappa shape index (κ3) is 2.34. The molecule has 1 aromatic rings. The van der Waals surface area contributed by atoms with E-state index in [2.05, 4.69) is 11.2 Å². The Kier molecular flexibility index (Phi) is 3.20. The lowest BCUT2D eigenvalue weighted by Gasteiger charge is -2.30. The Morgan fingerprint density at radius 3 is 2.71 bits per heavy atom. The van der Waals surface area contributed by atoms with Gasteiger partial charge >= 0.3 is 0 Å². The van der Waals surface area contributed by atoms with Crippen molar-refractivity contribution in [3.63, 3.8) is 0 Å². The Labute approximate surface area is 99.9 Å². The molecule has 88 valence electrons. The average Bonchev–Trinajstić information content (AvgIpc) is 2.35. The first kappa shape index (κ1) is 11.3. The number of hydrogen-bond donors (Lipinski definition) is 1. The number of para-hydroxylation sites is 2. The molecule has 2 atom stereocenters. The fraction of sp³-hybridized carbons (Fsp3) is 0.308. The molecule has 0 saturated carbocycles. The fourth-order valence-electron chi connectivity index (χ4n) is 1.64. The van der Waals surface area contributed by atoms with Crippen LogP contribution in [-0.2, 0) is 4.79 Å². The molecule has 0 saturated heterocycles. The van der Waals surface area contributed by atoms with Crippen LogP contribution in [0.5, 0.6) is 11.5 Å². The van der Waals surface area contributed by atoms with Crippen LogP contribution in [0.4, 0.5) is 0 Å². The molecule has 2 rings (SSSR count). The van der Waals surface area contributed by atoms with Crippen molar-refractivity contribution in [3.8, 4) is 23.8 Å². The summed E-state index contributed by atoms with van der Waals surface area (Å²) >= 11 is 0. The van der Waals surface area contributed by atoms with Gasteiger partial charge in [0.25, 0.3) is 5.91 Å². The van der Waals surface area contributed by atoms with Crippen LogP contribution in [0.3, 0.4) is 0 Å². The molecule has 1 aliphatic rings. The minimum absolute atomic E-state index is 0.188. The molecule has 1 N–H and O–H groups in total. The molecule has 0 fully saturated rings. The molecule has 2 unspecified atom stereocenters. The van der Waals surface area contributed by atoms with E-state index in [4.69, 9.17) is 15.9 Å². The first-order chi connectivity index (χ1) is 8.22. The van der Waals surface area contributed by atoms with Crippen molar-refractivity contribution in [2.45, 2.75) is 19.1 Å². The fourth-order valence-corrected chi connectivity index (χ4v) is 1.64. The Bertz CT molecular complexity index is 464. The van der Waals surface area contributed by atoms with Gasteiger partial charge in [0.2, 0.25) is 6.10 Å². The van der Waals surface area contributed by atoms with Gasteiger partial charge in [-0.3, -0.25) is 4.79 Å². The summed E-state index contributed by atoms with van der Waals surface area (Å²) in [5.41, 5.74) is 0. The largest absolute Gasteiger partial charge is 0.482 e. The highest BCUT2D eigenvalue weighted by Crippen LogP contribution is 2.33. The van der Waals surface area contributed by atoms with Crippen molar-refractivity contribution in [2.75, 3.05) is 6.54 Å². The Balaban J connectivity index is 2.12. The van der Waals surface area contributed by atoms with Crippen molar-refractivity contribution in [1.29, 1.82) is 0 Å². The highest BCUT2D eigenvalue weighted by Gasteiger charge is 2.33. The molecular weight excluding hydrogens is 218 g/mol. The van der Waals surface area contributed by atoms with E-state index in [1.54, 1.807) is 19.1 Å². The van der Waals surface area contributed by atoms with Crippen LogP contribution >= 0.6 is 0 Å². The van der Waals surface area contributed by atoms with Gasteiger partial charge in [0, 0.05) is 0 Å². The average molecular weight is 231 g/mol. The zero-order chi connectivity index (χ0) is 12.3. The summed E-state index contributed by atoms with van der Waals surface area (Å²) in [5.74, 6) is 3.31. The number of hydrogen-bond acceptors (Lipinski definition) is 3. The lowest BCUT2D eigenvalue weighted by Crippen LogP contribution is -2.49. The molecular formula is C13H13NO3. The first-order valence-electron chi connectivity index (χ1n) is 5.36.